The largest absolute Gasteiger partial charge is 0.336 e. The van der Waals surface area contributed by atoms with Crippen LogP contribution in [0, 0.1) is 0 Å². The molecular weight excluding hydrogens is 248 g/mol. The summed E-state index contributed by atoms with van der Waals surface area (Å²) >= 11 is 1.18. The number of hydrogen-bond donors (Lipinski definition) is 1. The number of carbonyl (C=O) groups is 1. The molecule has 0 bridgehead atoms. The maximum absolute atomic E-state index is 12.0. The van der Waals surface area contributed by atoms with Crippen molar-refractivity contribution >= 4 is 29.8 Å². The Bertz CT molecular complexity index is 370. The highest BCUT2D eigenvalue weighted by atomic mass is 35.5. The quantitative estimate of drug-likeness (QED) is 0.852. The van der Waals surface area contributed by atoms with Crippen molar-refractivity contribution in [2.24, 2.45) is 5.73 Å². The first-order valence-electron chi connectivity index (χ1n) is 5.08. The molecule has 1 aliphatic heterocycles. The maximum atomic E-state index is 12.0. The molecule has 1 unspecified atom stereocenters. The summed E-state index contributed by atoms with van der Waals surface area (Å²) in [5.41, 5.74) is 6.56. The Balaban J connectivity index is 0.00000128. The van der Waals surface area contributed by atoms with E-state index in [4.69, 9.17) is 5.73 Å². The zero-order valence-corrected chi connectivity index (χ0v) is 10.7. The molecule has 0 aliphatic carbocycles. The van der Waals surface area contributed by atoms with Crippen LogP contribution in [0.25, 0.3) is 0 Å². The molecule has 1 atom stereocenters. The lowest BCUT2D eigenvalue weighted by Crippen LogP contribution is -2.31. The third kappa shape index (κ3) is 2.50. The standard InChI is InChI=1S/C9H14N4OS.ClH/c1-2-7-8(15-12-11-7)9(14)13-4-3-6(10)5-13;/h6H,2-5,10H2,1H3;1H. The van der Waals surface area contributed by atoms with Crippen LogP contribution in [0.4, 0.5) is 0 Å². The predicted octanol–water partition coefficient (Wildman–Crippen LogP) is 0.696. The Morgan fingerprint density at radius 3 is 3.00 bits per heavy atom. The Labute approximate surface area is 105 Å². The molecule has 2 N–H and O–H groups in total. The summed E-state index contributed by atoms with van der Waals surface area (Å²) in [6.45, 7) is 3.38. The number of amides is 1. The molecule has 1 fully saturated rings. The fourth-order valence-electron chi connectivity index (χ4n) is 1.72. The topological polar surface area (TPSA) is 72.1 Å². The van der Waals surface area contributed by atoms with Crippen LogP contribution >= 0.6 is 23.9 Å². The Hall–Kier alpha value is -0.720. The lowest BCUT2D eigenvalue weighted by atomic mass is 10.3. The first-order chi connectivity index (χ1) is 7.22. The van der Waals surface area contributed by atoms with E-state index < -0.39 is 0 Å². The number of aromatic nitrogens is 2. The molecule has 0 spiro atoms. The van der Waals surface area contributed by atoms with Gasteiger partial charge in [-0.1, -0.05) is 11.4 Å². The van der Waals surface area contributed by atoms with Crippen LogP contribution in [0.1, 0.15) is 28.7 Å². The number of rotatable bonds is 2. The van der Waals surface area contributed by atoms with Gasteiger partial charge in [-0.15, -0.1) is 17.5 Å². The van der Waals surface area contributed by atoms with Gasteiger partial charge in [0, 0.05) is 19.1 Å². The number of hydrogen-bond acceptors (Lipinski definition) is 5. The molecular formula is C9H15ClN4OS. The molecule has 2 rings (SSSR count). The molecule has 0 saturated carbocycles. The molecule has 2 heterocycles. The highest BCUT2D eigenvalue weighted by Gasteiger charge is 2.27. The van der Waals surface area contributed by atoms with Crippen molar-refractivity contribution in [1.82, 2.24) is 14.5 Å². The van der Waals surface area contributed by atoms with Gasteiger partial charge in [-0.2, -0.15) is 0 Å². The van der Waals surface area contributed by atoms with E-state index >= 15 is 0 Å². The molecule has 1 aliphatic rings. The minimum atomic E-state index is 0. The number of nitrogens with zero attached hydrogens (tertiary/aromatic N) is 3. The summed E-state index contributed by atoms with van der Waals surface area (Å²) in [5.74, 6) is 0.0369. The van der Waals surface area contributed by atoms with Crippen molar-refractivity contribution in [3.63, 3.8) is 0 Å². The molecule has 1 amide bonds. The molecule has 0 radical (unpaired) electrons. The van der Waals surface area contributed by atoms with Crippen molar-refractivity contribution in [1.29, 1.82) is 0 Å². The number of nitrogens with two attached hydrogens (primary N) is 1. The van der Waals surface area contributed by atoms with Crippen molar-refractivity contribution in [3.8, 4) is 0 Å². The van der Waals surface area contributed by atoms with Crippen molar-refractivity contribution < 1.29 is 4.79 Å². The minimum Gasteiger partial charge on any atom is -0.336 e. The number of likely N-dealkylation sites (tertiary alicyclic amines) is 1. The fourth-order valence-corrected chi connectivity index (χ4v) is 2.44. The second-order valence-electron chi connectivity index (χ2n) is 3.70. The van der Waals surface area contributed by atoms with E-state index in [0.717, 1.165) is 25.1 Å². The zero-order chi connectivity index (χ0) is 10.8. The molecule has 5 nitrogen and oxygen atoms in total. The average molecular weight is 263 g/mol. The van der Waals surface area contributed by atoms with Gasteiger partial charge in [0.2, 0.25) is 0 Å². The van der Waals surface area contributed by atoms with Crippen molar-refractivity contribution in [2.75, 3.05) is 13.1 Å². The van der Waals surface area contributed by atoms with Gasteiger partial charge in [-0.3, -0.25) is 4.79 Å². The Morgan fingerprint density at radius 2 is 2.44 bits per heavy atom. The maximum Gasteiger partial charge on any atom is 0.267 e. The molecule has 0 aromatic carbocycles. The van der Waals surface area contributed by atoms with E-state index in [0.29, 0.717) is 11.4 Å². The van der Waals surface area contributed by atoms with Gasteiger partial charge in [0.1, 0.15) is 4.88 Å². The first-order valence-corrected chi connectivity index (χ1v) is 5.85. The molecule has 1 aromatic heterocycles. The third-order valence-corrected chi connectivity index (χ3v) is 3.35. The molecule has 1 saturated heterocycles. The third-order valence-electron chi connectivity index (χ3n) is 2.60. The molecule has 7 heteroatoms. The second kappa shape index (κ2) is 5.56. The predicted molar refractivity (Wildman–Crippen MR) is 65.0 cm³/mol. The Kier molecular flexibility index (Phi) is 4.64. The molecule has 16 heavy (non-hydrogen) atoms. The van der Waals surface area contributed by atoms with Crippen LogP contribution in [0.3, 0.4) is 0 Å². The zero-order valence-electron chi connectivity index (χ0n) is 9.05. The van der Waals surface area contributed by atoms with Crippen LogP contribution in [-0.2, 0) is 6.42 Å². The normalized spacial score (nSPS) is 19.6. The van der Waals surface area contributed by atoms with E-state index in [2.05, 4.69) is 9.59 Å². The summed E-state index contributed by atoms with van der Waals surface area (Å²) in [6.07, 6.45) is 1.64. The van der Waals surface area contributed by atoms with Gasteiger partial charge in [-0.05, 0) is 24.4 Å². The smallest absolute Gasteiger partial charge is 0.267 e. The Morgan fingerprint density at radius 1 is 1.69 bits per heavy atom. The molecule has 1 aromatic rings. The highest BCUT2D eigenvalue weighted by molar-refractivity contribution is 7.08. The minimum absolute atomic E-state index is 0. The van der Waals surface area contributed by atoms with E-state index in [1.807, 2.05) is 6.92 Å². The number of carbonyl (C=O) groups excluding carboxylic acids is 1. The van der Waals surface area contributed by atoms with Crippen molar-refractivity contribution in [3.05, 3.63) is 10.6 Å². The summed E-state index contributed by atoms with van der Waals surface area (Å²) in [5, 5.41) is 3.94. The van der Waals surface area contributed by atoms with Gasteiger partial charge < -0.3 is 10.6 Å². The highest BCUT2D eigenvalue weighted by Crippen LogP contribution is 2.17. The van der Waals surface area contributed by atoms with Crippen LogP contribution in [0.15, 0.2) is 0 Å². The summed E-state index contributed by atoms with van der Waals surface area (Å²) in [4.78, 5) is 14.5. The fraction of sp³-hybridized carbons (Fsp3) is 0.667. The summed E-state index contributed by atoms with van der Waals surface area (Å²) in [7, 11) is 0. The number of aryl methyl sites for hydroxylation is 1. The SMILES string of the molecule is CCc1nnsc1C(=O)N1CCC(N)C1.Cl. The van der Waals surface area contributed by atoms with Crippen molar-refractivity contribution in [2.45, 2.75) is 25.8 Å². The number of halogens is 1. The van der Waals surface area contributed by atoms with Gasteiger partial charge in [0.25, 0.3) is 5.91 Å². The van der Waals surface area contributed by atoms with Crippen LogP contribution in [0.2, 0.25) is 0 Å². The monoisotopic (exact) mass is 262 g/mol. The van der Waals surface area contributed by atoms with Crippen LogP contribution in [-0.4, -0.2) is 39.5 Å². The first kappa shape index (κ1) is 13.3. The van der Waals surface area contributed by atoms with Crippen LogP contribution in [0.5, 0.6) is 0 Å². The van der Waals surface area contributed by atoms with Gasteiger partial charge in [0.15, 0.2) is 0 Å². The lowest BCUT2D eigenvalue weighted by molar-refractivity contribution is 0.0794. The summed E-state index contributed by atoms with van der Waals surface area (Å²) in [6, 6.07) is 0.125. The molecule has 90 valence electrons. The van der Waals surface area contributed by atoms with E-state index in [-0.39, 0.29) is 24.4 Å². The van der Waals surface area contributed by atoms with Gasteiger partial charge in [-0.25, -0.2) is 0 Å². The van der Waals surface area contributed by atoms with Crippen LogP contribution < -0.4 is 5.73 Å². The average Bonchev–Trinajstić information content (AvgIpc) is 2.84. The summed E-state index contributed by atoms with van der Waals surface area (Å²) < 4.78 is 3.82. The van der Waals surface area contributed by atoms with E-state index in [1.54, 1.807) is 4.90 Å². The lowest BCUT2D eigenvalue weighted by Gasteiger charge is -2.14. The van der Waals surface area contributed by atoms with E-state index in [9.17, 15) is 4.79 Å². The van der Waals surface area contributed by atoms with Gasteiger partial charge in [0.05, 0.1) is 5.69 Å². The van der Waals surface area contributed by atoms with E-state index in [1.165, 1.54) is 11.5 Å². The second-order valence-corrected chi connectivity index (χ2v) is 4.46. The van der Waals surface area contributed by atoms with Gasteiger partial charge >= 0.3 is 0 Å².